The van der Waals surface area contributed by atoms with Crippen LogP contribution in [0.3, 0.4) is 0 Å². The molecule has 0 atom stereocenters. The van der Waals surface area contributed by atoms with Gasteiger partial charge >= 0.3 is 0 Å². The number of ether oxygens (including phenoxy) is 2. The Kier molecular flexibility index (Phi) is 11.7. The number of hydrogen-bond acceptors (Lipinski definition) is 3. The van der Waals surface area contributed by atoms with Crippen molar-refractivity contribution in [3.05, 3.63) is 29.8 Å². The Labute approximate surface area is 136 Å². The van der Waals surface area contributed by atoms with E-state index in [4.69, 9.17) is 9.47 Å². The van der Waals surface area contributed by atoms with E-state index >= 15 is 0 Å². The van der Waals surface area contributed by atoms with Gasteiger partial charge < -0.3 is 14.8 Å². The molecule has 0 aliphatic rings. The van der Waals surface area contributed by atoms with E-state index in [2.05, 4.69) is 24.4 Å². The van der Waals surface area contributed by atoms with Gasteiger partial charge in [0.05, 0.1) is 6.61 Å². The van der Waals surface area contributed by atoms with Crippen molar-refractivity contribution in [1.29, 1.82) is 0 Å². The SMILES string of the molecule is CCCCCCCCNCc1ccccc1OCCOCC. The van der Waals surface area contributed by atoms with Crippen molar-refractivity contribution in [2.45, 2.75) is 58.9 Å². The monoisotopic (exact) mass is 307 g/mol. The molecular formula is C19H33NO2. The quantitative estimate of drug-likeness (QED) is 0.511. The van der Waals surface area contributed by atoms with Gasteiger partial charge in [0.1, 0.15) is 12.4 Å². The highest BCUT2D eigenvalue weighted by Gasteiger charge is 2.02. The zero-order chi connectivity index (χ0) is 15.9. The van der Waals surface area contributed by atoms with Crippen LogP contribution in [0.1, 0.15) is 57.9 Å². The predicted molar refractivity (Wildman–Crippen MR) is 93.5 cm³/mol. The van der Waals surface area contributed by atoms with Crippen molar-refractivity contribution in [2.24, 2.45) is 0 Å². The highest BCUT2D eigenvalue weighted by atomic mass is 16.5. The third-order valence-corrected chi connectivity index (χ3v) is 3.68. The zero-order valence-corrected chi connectivity index (χ0v) is 14.4. The summed E-state index contributed by atoms with van der Waals surface area (Å²) in [6.45, 7) is 8.22. The molecule has 1 aromatic rings. The molecule has 0 aliphatic carbocycles. The molecule has 126 valence electrons. The minimum absolute atomic E-state index is 0.613. The van der Waals surface area contributed by atoms with Crippen LogP contribution in [-0.2, 0) is 11.3 Å². The molecule has 0 spiro atoms. The van der Waals surface area contributed by atoms with Gasteiger partial charge in [0, 0.05) is 18.7 Å². The van der Waals surface area contributed by atoms with E-state index in [0.29, 0.717) is 13.2 Å². The Morgan fingerprint density at radius 1 is 0.909 bits per heavy atom. The van der Waals surface area contributed by atoms with E-state index in [-0.39, 0.29) is 0 Å². The molecule has 0 aliphatic heterocycles. The molecule has 0 radical (unpaired) electrons. The molecule has 0 bridgehead atoms. The van der Waals surface area contributed by atoms with Gasteiger partial charge in [-0.1, -0.05) is 57.2 Å². The van der Waals surface area contributed by atoms with Crippen LogP contribution in [-0.4, -0.2) is 26.4 Å². The summed E-state index contributed by atoms with van der Waals surface area (Å²) < 4.78 is 11.1. The summed E-state index contributed by atoms with van der Waals surface area (Å²) in [4.78, 5) is 0. The second-order valence-corrected chi connectivity index (χ2v) is 5.60. The number of para-hydroxylation sites is 1. The number of hydrogen-bond donors (Lipinski definition) is 1. The van der Waals surface area contributed by atoms with Crippen molar-refractivity contribution in [2.75, 3.05) is 26.4 Å². The number of unbranched alkanes of at least 4 members (excludes halogenated alkanes) is 5. The van der Waals surface area contributed by atoms with E-state index in [0.717, 1.165) is 25.4 Å². The normalized spacial score (nSPS) is 10.8. The average molecular weight is 307 g/mol. The lowest BCUT2D eigenvalue weighted by Gasteiger charge is -2.12. The second-order valence-electron chi connectivity index (χ2n) is 5.60. The Hall–Kier alpha value is -1.06. The van der Waals surface area contributed by atoms with Crippen molar-refractivity contribution in [3.63, 3.8) is 0 Å². The molecule has 0 heterocycles. The Morgan fingerprint density at radius 3 is 2.50 bits per heavy atom. The van der Waals surface area contributed by atoms with E-state index in [1.807, 2.05) is 19.1 Å². The maximum absolute atomic E-state index is 5.80. The summed E-state index contributed by atoms with van der Waals surface area (Å²) in [6, 6.07) is 8.25. The fraction of sp³-hybridized carbons (Fsp3) is 0.684. The van der Waals surface area contributed by atoms with Gasteiger partial charge in [0.25, 0.3) is 0 Å². The molecular weight excluding hydrogens is 274 g/mol. The predicted octanol–water partition coefficient (Wildman–Crippen LogP) is 4.55. The van der Waals surface area contributed by atoms with E-state index in [1.54, 1.807) is 0 Å². The van der Waals surface area contributed by atoms with Crippen molar-refractivity contribution < 1.29 is 9.47 Å². The van der Waals surface area contributed by atoms with E-state index < -0.39 is 0 Å². The minimum Gasteiger partial charge on any atom is -0.491 e. The topological polar surface area (TPSA) is 30.5 Å². The molecule has 0 saturated heterocycles. The molecule has 0 fully saturated rings. The van der Waals surface area contributed by atoms with Gasteiger partial charge in [-0.3, -0.25) is 0 Å². The van der Waals surface area contributed by atoms with Gasteiger partial charge in [0.15, 0.2) is 0 Å². The van der Waals surface area contributed by atoms with Gasteiger partial charge in [-0.05, 0) is 26.0 Å². The first kappa shape index (κ1) is 19.0. The van der Waals surface area contributed by atoms with Crippen LogP contribution in [0.5, 0.6) is 5.75 Å². The molecule has 0 aromatic heterocycles. The summed E-state index contributed by atoms with van der Waals surface area (Å²) in [7, 11) is 0. The highest BCUT2D eigenvalue weighted by molar-refractivity contribution is 5.33. The average Bonchev–Trinajstić information content (AvgIpc) is 2.55. The van der Waals surface area contributed by atoms with Crippen LogP contribution in [0.2, 0.25) is 0 Å². The van der Waals surface area contributed by atoms with Gasteiger partial charge in [-0.15, -0.1) is 0 Å². The fourth-order valence-electron chi connectivity index (χ4n) is 2.40. The van der Waals surface area contributed by atoms with Crippen LogP contribution in [0, 0.1) is 0 Å². The second kappa shape index (κ2) is 13.6. The summed E-state index contributed by atoms with van der Waals surface area (Å²) >= 11 is 0. The third kappa shape index (κ3) is 9.06. The molecule has 0 unspecified atom stereocenters. The first-order chi connectivity index (χ1) is 10.9. The molecule has 1 rings (SSSR count). The molecule has 0 saturated carbocycles. The molecule has 1 N–H and O–H groups in total. The Bertz CT molecular complexity index is 368. The van der Waals surface area contributed by atoms with Crippen LogP contribution in [0.15, 0.2) is 24.3 Å². The van der Waals surface area contributed by atoms with Gasteiger partial charge in [0.2, 0.25) is 0 Å². The van der Waals surface area contributed by atoms with E-state index in [1.165, 1.54) is 44.1 Å². The number of rotatable bonds is 14. The van der Waals surface area contributed by atoms with Crippen molar-refractivity contribution >= 4 is 0 Å². The standard InChI is InChI=1S/C19H33NO2/c1-3-5-6-7-8-11-14-20-17-18-12-9-10-13-19(18)22-16-15-21-4-2/h9-10,12-13,20H,3-8,11,14-17H2,1-2H3. The first-order valence-electron chi connectivity index (χ1n) is 8.87. The summed E-state index contributed by atoms with van der Waals surface area (Å²) in [5, 5.41) is 3.52. The summed E-state index contributed by atoms with van der Waals surface area (Å²) in [5.74, 6) is 0.970. The smallest absolute Gasteiger partial charge is 0.123 e. The maximum Gasteiger partial charge on any atom is 0.123 e. The third-order valence-electron chi connectivity index (χ3n) is 3.68. The first-order valence-corrected chi connectivity index (χ1v) is 8.87. The van der Waals surface area contributed by atoms with Crippen LogP contribution in [0.4, 0.5) is 0 Å². The van der Waals surface area contributed by atoms with E-state index in [9.17, 15) is 0 Å². The Morgan fingerprint density at radius 2 is 1.68 bits per heavy atom. The lowest BCUT2D eigenvalue weighted by Crippen LogP contribution is -2.16. The zero-order valence-electron chi connectivity index (χ0n) is 14.4. The Balaban J connectivity index is 2.16. The lowest BCUT2D eigenvalue weighted by molar-refractivity contribution is 0.110. The molecule has 1 aromatic carbocycles. The summed E-state index contributed by atoms with van der Waals surface area (Å²) in [5.41, 5.74) is 1.23. The largest absolute Gasteiger partial charge is 0.491 e. The summed E-state index contributed by atoms with van der Waals surface area (Å²) in [6.07, 6.45) is 8.04. The molecule has 3 heteroatoms. The van der Waals surface area contributed by atoms with Gasteiger partial charge in [-0.2, -0.15) is 0 Å². The number of benzene rings is 1. The number of nitrogens with one attached hydrogen (secondary N) is 1. The fourth-order valence-corrected chi connectivity index (χ4v) is 2.40. The highest BCUT2D eigenvalue weighted by Crippen LogP contribution is 2.17. The van der Waals surface area contributed by atoms with Gasteiger partial charge in [-0.25, -0.2) is 0 Å². The van der Waals surface area contributed by atoms with Crippen LogP contribution < -0.4 is 10.1 Å². The van der Waals surface area contributed by atoms with Crippen LogP contribution >= 0.6 is 0 Å². The molecule has 0 amide bonds. The minimum atomic E-state index is 0.613. The van der Waals surface area contributed by atoms with Crippen LogP contribution in [0.25, 0.3) is 0 Å². The van der Waals surface area contributed by atoms with Crippen molar-refractivity contribution in [3.8, 4) is 5.75 Å². The van der Waals surface area contributed by atoms with Crippen molar-refractivity contribution in [1.82, 2.24) is 5.32 Å². The maximum atomic E-state index is 5.80. The molecule has 22 heavy (non-hydrogen) atoms. The molecule has 3 nitrogen and oxygen atoms in total. The lowest BCUT2D eigenvalue weighted by atomic mass is 10.1.